The van der Waals surface area contributed by atoms with E-state index in [2.05, 4.69) is 15.5 Å². The standard InChI is InChI=1S/C19H28F3N3O2/c1-3-25(4-2)17(14-5-7-15(8-6-14)19(20,21)22)12-24-18(26)11-16-13-27-10-9-23-16/h5-8,16-17,23H,3-4,9-13H2,1-2H3,(H,24,26). The van der Waals surface area contributed by atoms with Gasteiger partial charge in [-0.05, 0) is 30.8 Å². The summed E-state index contributed by atoms with van der Waals surface area (Å²) in [5.74, 6) is -0.0953. The van der Waals surface area contributed by atoms with Crippen molar-refractivity contribution in [3.63, 3.8) is 0 Å². The van der Waals surface area contributed by atoms with Crippen molar-refractivity contribution < 1.29 is 22.7 Å². The minimum atomic E-state index is -4.35. The molecule has 2 unspecified atom stereocenters. The highest BCUT2D eigenvalue weighted by Gasteiger charge is 2.30. The molecule has 1 aliphatic rings. The first-order chi connectivity index (χ1) is 12.8. The fourth-order valence-corrected chi connectivity index (χ4v) is 3.27. The van der Waals surface area contributed by atoms with Crippen LogP contribution in [0.4, 0.5) is 13.2 Å². The molecule has 2 rings (SSSR count). The molecule has 2 N–H and O–H groups in total. The highest BCUT2D eigenvalue weighted by atomic mass is 19.4. The zero-order valence-electron chi connectivity index (χ0n) is 15.8. The summed E-state index contributed by atoms with van der Waals surface area (Å²) >= 11 is 0. The number of nitrogens with one attached hydrogen (secondary N) is 2. The van der Waals surface area contributed by atoms with E-state index >= 15 is 0 Å². The third-order valence-electron chi connectivity index (χ3n) is 4.80. The molecular formula is C19H28F3N3O2. The number of hydrogen-bond donors (Lipinski definition) is 2. The smallest absolute Gasteiger partial charge is 0.378 e. The van der Waals surface area contributed by atoms with Gasteiger partial charge in [-0.15, -0.1) is 0 Å². The van der Waals surface area contributed by atoms with Gasteiger partial charge in [0.15, 0.2) is 0 Å². The number of carbonyl (C=O) groups is 1. The Bertz CT molecular complexity index is 583. The van der Waals surface area contributed by atoms with Crippen molar-refractivity contribution in [3.05, 3.63) is 35.4 Å². The second kappa shape index (κ2) is 10.1. The monoisotopic (exact) mass is 387 g/mol. The van der Waals surface area contributed by atoms with Gasteiger partial charge in [-0.1, -0.05) is 26.0 Å². The Hall–Kier alpha value is -1.64. The number of halogens is 3. The van der Waals surface area contributed by atoms with Gasteiger partial charge in [-0.2, -0.15) is 13.2 Å². The number of nitrogens with zero attached hydrogens (tertiary/aromatic N) is 1. The van der Waals surface area contributed by atoms with E-state index in [1.54, 1.807) is 0 Å². The number of rotatable bonds is 8. The summed E-state index contributed by atoms with van der Waals surface area (Å²) in [6, 6.07) is 5.00. The fourth-order valence-electron chi connectivity index (χ4n) is 3.27. The lowest BCUT2D eigenvalue weighted by molar-refractivity contribution is -0.137. The summed E-state index contributed by atoms with van der Waals surface area (Å²) in [5, 5.41) is 6.16. The fraction of sp³-hybridized carbons (Fsp3) is 0.632. The molecule has 2 atom stereocenters. The van der Waals surface area contributed by atoms with Crippen LogP contribution < -0.4 is 10.6 Å². The van der Waals surface area contributed by atoms with E-state index in [4.69, 9.17) is 4.74 Å². The van der Waals surface area contributed by atoms with Crippen LogP contribution in [-0.4, -0.2) is 56.2 Å². The number of morpholine rings is 1. The molecule has 0 aromatic heterocycles. The zero-order valence-corrected chi connectivity index (χ0v) is 15.8. The minimum Gasteiger partial charge on any atom is -0.378 e. The van der Waals surface area contributed by atoms with E-state index in [0.717, 1.165) is 37.3 Å². The van der Waals surface area contributed by atoms with E-state index in [1.807, 2.05) is 13.8 Å². The van der Waals surface area contributed by atoms with Gasteiger partial charge >= 0.3 is 6.18 Å². The van der Waals surface area contributed by atoms with E-state index < -0.39 is 11.7 Å². The number of likely N-dealkylation sites (N-methyl/N-ethyl adjacent to an activating group) is 1. The van der Waals surface area contributed by atoms with Crippen LogP contribution in [0.3, 0.4) is 0 Å². The number of alkyl halides is 3. The van der Waals surface area contributed by atoms with Gasteiger partial charge in [0, 0.05) is 25.6 Å². The molecule has 1 heterocycles. The van der Waals surface area contributed by atoms with Crippen LogP contribution in [0.5, 0.6) is 0 Å². The Morgan fingerprint density at radius 1 is 1.30 bits per heavy atom. The molecule has 1 fully saturated rings. The van der Waals surface area contributed by atoms with Crippen LogP contribution >= 0.6 is 0 Å². The second-order valence-corrected chi connectivity index (χ2v) is 6.59. The molecular weight excluding hydrogens is 359 g/mol. The normalized spacial score (nSPS) is 19.1. The first-order valence-electron chi connectivity index (χ1n) is 9.34. The highest BCUT2D eigenvalue weighted by Crippen LogP contribution is 2.30. The Balaban J connectivity index is 2.02. The first kappa shape index (κ1) is 21.7. The van der Waals surface area contributed by atoms with Crippen molar-refractivity contribution in [1.82, 2.24) is 15.5 Å². The Morgan fingerprint density at radius 2 is 1.96 bits per heavy atom. The van der Waals surface area contributed by atoms with Gasteiger partial charge in [0.05, 0.1) is 24.8 Å². The maximum atomic E-state index is 12.8. The largest absolute Gasteiger partial charge is 0.416 e. The first-order valence-corrected chi connectivity index (χ1v) is 9.34. The number of ether oxygens (including phenoxy) is 1. The zero-order chi connectivity index (χ0) is 19.9. The second-order valence-electron chi connectivity index (χ2n) is 6.59. The molecule has 1 aliphatic heterocycles. The van der Waals surface area contributed by atoms with E-state index in [9.17, 15) is 18.0 Å². The maximum absolute atomic E-state index is 12.8. The molecule has 1 aromatic carbocycles. The van der Waals surface area contributed by atoms with Gasteiger partial charge in [0.25, 0.3) is 0 Å². The minimum absolute atomic E-state index is 0.00303. The van der Waals surface area contributed by atoms with Gasteiger partial charge in [0.2, 0.25) is 5.91 Å². The molecule has 1 saturated heterocycles. The molecule has 0 saturated carbocycles. The number of benzene rings is 1. The van der Waals surface area contributed by atoms with E-state index in [1.165, 1.54) is 12.1 Å². The lowest BCUT2D eigenvalue weighted by Gasteiger charge is -2.31. The van der Waals surface area contributed by atoms with Crippen LogP contribution in [0, 0.1) is 0 Å². The summed E-state index contributed by atoms with van der Waals surface area (Å²) in [5.41, 5.74) is 0.0862. The van der Waals surface area contributed by atoms with Crippen LogP contribution in [0.2, 0.25) is 0 Å². The average molecular weight is 387 g/mol. The van der Waals surface area contributed by atoms with E-state index in [-0.39, 0.29) is 18.0 Å². The quantitative estimate of drug-likeness (QED) is 0.720. The molecule has 8 heteroatoms. The summed E-state index contributed by atoms with van der Waals surface area (Å²) in [4.78, 5) is 14.4. The van der Waals surface area contributed by atoms with Crippen LogP contribution in [-0.2, 0) is 15.7 Å². The van der Waals surface area contributed by atoms with Crippen molar-refractivity contribution in [2.75, 3.05) is 39.4 Å². The topological polar surface area (TPSA) is 53.6 Å². The Morgan fingerprint density at radius 3 is 2.48 bits per heavy atom. The summed E-state index contributed by atoms with van der Waals surface area (Å²) < 4.78 is 43.8. The van der Waals surface area contributed by atoms with Gasteiger partial charge in [0.1, 0.15) is 0 Å². The molecule has 152 valence electrons. The Labute approximate surface area is 158 Å². The van der Waals surface area contributed by atoms with Gasteiger partial charge in [-0.3, -0.25) is 9.69 Å². The molecule has 27 heavy (non-hydrogen) atoms. The van der Waals surface area contributed by atoms with Crippen molar-refractivity contribution >= 4 is 5.91 Å². The predicted molar refractivity (Wildman–Crippen MR) is 97.3 cm³/mol. The SMILES string of the molecule is CCN(CC)C(CNC(=O)CC1COCCN1)c1ccc(C(F)(F)F)cc1. The molecule has 0 spiro atoms. The van der Waals surface area contributed by atoms with Crippen molar-refractivity contribution in [2.24, 2.45) is 0 Å². The summed E-state index contributed by atoms with van der Waals surface area (Å²) in [6.45, 7) is 7.68. The molecule has 0 aliphatic carbocycles. The van der Waals surface area contributed by atoms with Crippen LogP contribution in [0.1, 0.15) is 37.4 Å². The third-order valence-corrected chi connectivity index (χ3v) is 4.80. The molecule has 1 aromatic rings. The highest BCUT2D eigenvalue weighted by molar-refractivity contribution is 5.76. The molecule has 0 bridgehead atoms. The van der Waals surface area contributed by atoms with Crippen LogP contribution in [0.15, 0.2) is 24.3 Å². The average Bonchev–Trinajstić information content (AvgIpc) is 2.65. The Kier molecular flexibility index (Phi) is 8.07. The van der Waals surface area contributed by atoms with Gasteiger partial charge in [-0.25, -0.2) is 0 Å². The van der Waals surface area contributed by atoms with Crippen molar-refractivity contribution in [2.45, 2.75) is 38.5 Å². The number of carbonyl (C=O) groups excluding carboxylic acids is 1. The summed E-state index contributed by atoms with van der Waals surface area (Å²) in [7, 11) is 0. The van der Waals surface area contributed by atoms with E-state index in [0.29, 0.717) is 26.2 Å². The molecule has 1 amide bonds. The predicted octanol–water partition coefficient (Wildman–Crippen LogP) is 2.58. The van der Waals surface area contributed by atoms with Crippen molar-refractivity contribution in [3.8, 4) is 0 Å². The summed E-state index contributed by atoms with van der Waals surface area (Å²) in [6.07, 6.45) is -4.04. The molecule has 5 nitrogen and oxygen atoms in total. The lowest BCUT2D eigenvalue weighted by Crippen LogP contribution is -2.45. The molecule has 0 radical (unpaired) electrons. The van der Waals surface area contributed by atoms with Gasteiger partial charge < -0.3 is 15.4 Å². The maximum Gasteiger partial charge on any atom is 0.416 e. The van der Waals surface area contributed by atoms with Crippen LogP contribution in [0.25, 0.3) is 0 Å². The number of amides is 1. The van der Waals surface area contributed by atoms with Crippen molar-refractivity contribution in [1.29, 1.82) is 0 Å². The third kappa shape index (κ3) is 6.48. The lowest BCUT2D eigenvalue weighted by atomic mass is 10.0. The number of hydrogen-bond acceptors (Lipinski definition) is 4.